The molecule has 0 spiro atoms. The molecule has 15 heavy (non-hydrogen) atoms. The molecule has 1 rings (SSSR count). The minimum Gasteiger partial charge on any atom is -0.394 e. The third-order valence-corrected chi connectivity index (χ3v) is 3.38. The summed E-state index contributed by atoms with van der Waals surface area (Å²) in [6, 6.07) is 1.12. The van der Waals surface area contributed by atoms with Gasteiger partial charge in [0.1, 0.15) is 0 Å². The summed E-state index contributed by atoms with van der Waals surface area (Å²) in [4.78, 5) is 4.74. The summed E-state index contributed by atoms with van der Waals surface area (Å²) < 4.78 is 0. The van der Waals surface area contributed by atoms with Gasteiger partial charge in [0.25, 0.3) is 0 Å². The molecule has 0 aromatic carbocycles. The van der Waals surface area contributed by atoms with Gasteiger partial charge in [0.05, 0.1) is 6.61 Å². The molecule has 1 fully saturated rings. The van der Waals surface area contributed by atoms with Gasteiger partial charge in [-0.05, 0) is 27.8 Å². The Kier molecular flexibility index (Phi) is 4.12. The Morgan fingerprint density at radius 3 is 2.20 bits per heavy atom. The summed E-state index contributed by atoms with van der Waals surface area (Å²) in [6.45, 7) is 9.25. The predicted molar refractivity (Wildman–Crippen MR) is 62.8 cm³/mol. The summed E-state index contributed by atoms with van der Waals surface area (Å²) in [5, 5.41) is 9.15. The van der Waals surface area contributed by atoms with Crippen LogP contribution >= 0.6 is 0 Å². The number of piperazine rings is 1. The lowest BCUT2D eigenvalue weighted by molar-refractivity contribution is 0.0398. The van der Waals surface area contributed by atoms with Crippen molar-refractivity contribution in [3.05, 3.63) is 0 Å². The standard InChI is InChI=1S/C11H25N3O/c1-9-5-14(6-10(2)13(9)4)7-11(3,12)8-15/h9-10,15H,5-8,12H2,1-4H3. The average molecular weight is 215 g/mol. The third kappa shape index (κ3) is 3.41. The number of nitrogens with two attached hydrogens (primary N) is 1. The van der Waals surface area contributed by atoms with Crippen LogP contribution in [0.4, 0.5) is 0 Å². The summed E-state index contributed by atoms with van der Waals surface area (Å²) in [5.74, 6) is 0. The zero-order chi connectivity index (χ0) is 11.6. The highest BCUT2D eigenvalue weighted by Crippen LogP contribution is 2.15. The lowest BCUT2D eigenvalue weighted by atomic mass is 10.0. The number of aliphatic hydroxyl groups excluding tert-OH is 1. The molecule has 90 valence electrons. The van der Waals surface area contributed by atoms with Crippen molar-refractivity contribution >= 4 is 0 Å². The zero-order valence-corrected chi connectivity index (χ0v) is 10.4. The van der Waals surface area contributed by atoms with Crippen LogP contribution in [0.3, 0.4) is 0 Å². The van der Waals surface area contributed by atoms with Crippen LogP contribution in [-0.2, 0) is 0 Å². The van der Waals surface area contributed by atoms with Crippen molar-refractivity contribution in [2.45, 2.75) is 38.4 Å². The van der Waals surface area contributed by atoms with E-state index in [9.17, 15) is 0 Å². The summed E-state index contributed by atoms with van der Waals surface area (Å²) in [6.07, 6.45) is 0. The van der Waals surface area contributed by atoms with E-state index in [1.807, 2.05) is 6.92 Å². The van der Waals surface area contributed by atoms with Gasteiger partial charge in [-0.15, -0.1) is 0 Å². The number of hydrogen-bond acceptors (Lipinski definition) is 4. The largest absolute Gasteiger partial charge is 0.394 e. The van der Waals surface area contributed by atoms with Crippen molar-refractivity contribution in [3.8, 4) is 0 Å². The maximum atomic E-state index is 9.15. The van der Waals surface area contributed by atoms with E-state index < -0.39 is 5.54 Å². The van der Waals surface area contributed by atoms with Gasteiger partial charge < -0.3 is 10.8 Å². The molecule has 0 aromatic rings. The molecule has 0 saturated carbocycles. The van der Waals surface area contributed by atoms with E-state index in [1.54, 1.807) is 0 Å². The zero-order valence-electron chi connectivity index (χ0n) is 10.4. The Balaban J connectivity index is 2.51. The van der Waals surface area contributed by atoms with Crippen LogP contribution in [0.2, 0.25) is 0 Å². The Labute approximate surface area is 93.0 Å². The van der Waals surface area contributed by atoms with E-state index in [4.69, 9.17) is 10.8 Å². The minimum absolute atomic E-state index is 0.0438. The van der Waals surface area contributed by atoms with E-state index in [2.05, 4.69) is 30.7 Å². The number of nitrogens with zero attached hydrogens (tertiary/aromatic N) is 2. The second-order valence-corrected chi connectivity index (χ2v) is 5.37. The molecule has 3 unspecified atom stereocenters. The fourth-order valence-corrected chi connectivity index (χ4v) is 2.20. The maximum Gasteiger partial charge on any atom is 0.0621 e. The van der Waals surface area contributed by atoms with E-state index in [1.165, 1.54) is 0 Å². The first-order valence-electron chi connectivity index (χ1n) is 5.70. The van der Waals surface area contributed by atoms with Gasteiger partial charge in [0.15, 0.2) is 0 Å². The molecular formula is C11H25N3O. The first-order valence-corrected chi connectivity index (χ1v) is 5.70. The molecule has 0 bridgehead atoms. The quantitative estimate of drug-likeness (QED) is 0.680. The second kappa shape index (κ2) is 4.78. The van der Waals surface area contributed by atoms with E-state index in [0.717, 1.165) is 19.6 Å². The lowest BCUT2D eigenvalue weighted by Gasteiger charge is -2.44. The molecule has 1 aliphatic heterocycles. The van der Waals surface area contributed by atoms with Gasteiger partial charge in [-0.3, -0.25) is 9.80 Å². The Bertz CT molecular complexity index is 196. The molecule has 4 nitrogen and oxygen atoms in total. The summed E-state index contributed by atoms with van der Waals surface area (Å²) in [5.41, 5.74) is 5.49. The van der Waals surface area contributed by atoms with Gasteiger partial charge in [-0.1, -0.05) is 0 Å². The smallest absolute Gasteiger partial charge is 0.0621 e. The molecule has 1 saturated heterocycles. The minimum atomic E-state index is -0.477. The van der Waals surface area contributed by atoms with Gasteiger partial charge in [-0.25, -0.2) is 0 Å². The predicted octanol–water partition coefficient (Wildman–Crippen LogP) is -0.279. The lowest BCUT2D eigenvalue weighted by Crippen LogP contribution is -2.60. The molecule has 3 N–H and O–H groups in total. The van der Waals surface area contributed by atoms with Crippen LogP contribution in [0.25, 0.3) is 0 Å². The Hall–Kier alpha value is -0.160. The van der Waals surface area contributed by atoms with Gasteiger partial charge >= 0.3 is 0 Å². The molecule has 4 heteroatoms. The maximum absolute atomic E-state index is 9.15. The van der Waals surface area contributed by atoms with Crippen LogP contribution in [0.15, 0.2) is 0 Å². The van der Waals surface area contributed by atoms with Crippen molar-refractivity contribution in [3.63, 3.8) is 0 Å². The van der Waals surface area contributed by atoms with Crippen molar-refractivity contribution < 1.29 is 5.11 Å². The van der Waals surface area contributed by atoms with Crippen molar-refractivity contribution in [2.24, 2.45) is 5.73 Å². The van der Waals surface area contributed by atoms with E-state index in [0.29, 0.717) is 12.1 Å². The second-order valence-electron chi connectivity index (χ2n) is 5.37. The molecule has 0 aromatic heterocycles. The van der Waals surface area contributed by atoms with Crippen molar-refractivity contribution in [2.75, 3.05) is 33.3 Å². The fourth-order valence-electron chi connectivity index (χ4n) is 2.20. The van der Waals surface area contributed by atoms with Gasteiger partial charge in [0, 0.05) is 37.3 Å². The van der Waals surface area contributed by atoms with Crippen molar-refractivity contribution in [1.29, 1.82) is 0 Å². The first-order chi connectivity index (χ1) is 6.85. The molecule has 1 heterocycles. The number of aliphatic hydroxyl groups is 1. The van der Waals surface area contributed by atoms with Crippen LogP contribution < -0.4 is 5.73 Å². The highest BCUT2D eigenvalue weighted by Gasteiger charge is 2.30. The van der Waals surface area contributed by atoms with Crippen molar-refractivity contribution in [1.82, 2.24) is 9.80 Å². The fraction of sp³-hybridized carbons (Fsp3) is 1.00. The monoisotopic (exact) mass is 215 g/mol. The average Bonchev–Trinajstić information content (AvgIpc) is 2.13. The number of rotatable bonds is 3. The molecule has 0 amide bonds. The first kappa shape index (κ1) is 12.9. The molecule has 0 aliphatic carbocycles. The van der Waals surface area contributed by atoms with Crippen LogP contribution in [-0.4, -0.2) is 65.8 Å². The SMILES string of the molecule is CC1CN(CC(C)(N)CO)CC(C)N1C. The van der Waals surface area contributed by atoms with E-state index in [-0.39, 0.29) is 6.61 Å². The van der Waals surface area contributed by atoms with Crippen LogP contribution in [0.5, 0.6) is 0 Å². The number of hydrogen-bond donors (Lipinski definition) is 2. The summed E-state index contributed by atoms with van der Waals surface area (Å²) >= 11 is 0. The highest BCUT2D eigenvalue weighted by atomic mass is 16.3. The number of likely N-dealkylation sites (N-methyl/N-ethyl adjacent to an activating group) is 1. The van der Waals surface area contributed by atoms with Gasteiger partial charge in [0.2, 0.25) is 0 Å². The molecule has 0 radical (unpaired) electrons. The molecule has 3 atom stereocenters. The van der Waals surface area contributed by atoms with Crippen LogP contribution in [0.1, 0.15) is 20.8 Å². The molecule has 1 aliphatic rings. The van der Waals surface area contributed by atoms with Crippen LogP contribution in [0, 0.1) is 0 Å². The van der Waals surface area contributed by atoms with Gasteiger partial charge in [-0.2, -0.15) is 0 Å². The third-order valence-electron chi connectivity index (χ3n) is 3.38. The highest BCUT2D eigenvalue weighted by molar-refractivity contribution is 4.88. The topological polar surface area (TPSA) is 52.7 Å². The summed E-state index contributed by atoms with van der Waals surface area (Å²) in [7, 11) is 2.17. The molecular weight excluding hydrogens is 190 g/mol. The van der Waals surface area contributed by atoms with E-state index >= 15 is 0 Å². The normalized spacial score (nSPS) is 34.0. The Morgan fingerprint density at radius 1 is 1.33 bits per heavy atom. The Morgan fingerprint density at radius 2 is 1.80 bits per heavy atom.